The highest BCUT2D eigenvalue weighted by atomic mass is 35.5. The van der Waals surface area contributed by atoms with E-state index < -0.39 is 29.6 Å². The summed E-state index contributed by atoms with van der Waals surface area (Å²) in [5, 5.41) is 6.75. The molecular weight excluding hydrogens is 466 g/mol. The number of fused-ring (bicyclic) bond motifs is 1. The van der Waals surface area contributed by atoms with Gasteiger partial charge in [0.1, 0.15) is 11.6 Å². The third-order valence-corrected chi connectivity index (χ3v) is 8.79. The Labute approximate surface area is 211 Å². The molecule has 2 saturated heterocycles. The average Bonchev–Trinajstić information content (AvgIpc) is 3.46. The number of carbonyl (C=O) groups is 3. The second-order valence-corrected chi connectivity index (χ2v) is 11.0. The fourth-order valence-corrected chi connectivity index (χ4v) is 6.68. The topological polar surface area (TPSA) is 87.7 Å². The molecular formula is C27H34ClN3O4. The van der Waals surface area contributed by atoms with Gasteiger partial charge in [-0.1, -0.05) is 57.4 Å². The van der Waals surface area contributed by atoms with Gasteiger partial charge in [-0.2, -0.15) is 0 Å². The molecule has 3 amide bonds. The minimum atomic E-state index is -1.12. The van der Waals surface area contributed by atoms with Gasteiger partial charge in [0.15, 0.2) is 0 Å². The molecule has 8 heteroatoms. The maximum Gasteiger partial charge on any atom is 0.246 e. The molecule has 3 fully saturated rings. The fraction of sp³-hybridized carbons (Fsp3) is 0.593. The van der Waals surface area contributed by atoms with Gasteiger partial charge < -0.3 is 20.3 Å². The summed E-state index contributed by atoms with van der Waals surface area (Å²) in [7, 11) is 0. The van der Waals surface area contributed by atoms with E-state index in [1.54, 1.807) is 29.2 Å². The lowest BCUT2D eigenvalue weighted by molar-refractivity contribution is -0.141. The van der Waals surface area contributed by atoms with Crippen molar-refractivity contribution in [2.45, 2.75) is 70.2 Å². The molecule has 1 spiro atoms. The first-order valence-electron chi connectivity index (χ1n) is 12.8. The van der Waals surface area contributed by atoms with E-state index in [1.165, 1.54) is 6.42 Å². The van der Waals surface area contributed by atoms with Gasteiger partial charge in [0.05, 0.1) is 17.9 Å². The molecule has 2 bridgehead atoms. The summed E-state index contributed by atoms with van der Waals surface area (Å²) in [6.45, 7) is 6.85. The SMILES string of the molecule is CCCN1C(=O)C2C(C(=O)Nc3ccc(Cl)cc3)C3C=CC2(O3)C1C(=O)NC1CCCC(C)C1C. The number of hydrogen-bond donors (Lipinski definition) is 2. The Bertz CT molecular complexity index is 1040. The number of benzene rings is 1. The summed E-state index contributed by atoms with van der Waals surface area (Å²) < 4.78 is 6.38. The van der Waals surface area contributed by atoms with Crippen LogP contribution in [-0.4, -0.2) is 53.0 Å². The Hall–Kier alpha value is -2.38. The molecule has 3 heterocycles. The second-order valence-electron chi connectivity index (χ2n) is 10.6. The smallest absolute Gasteiger partial charge is 0.246 e. The molecule has 7 nitrogen and oxygen atoms in total. The summed E-state index contributed by atoms with van der Waals surface area (Å²) in [5.41, 5.74) is -0.516. The van der Waals surface area contributed by atoms with Gasteiger partial charge in [-0.3, -0.25) is 14.4 Å². The molecule has 1 saturated carbocycles. The minimum Gasteiger partial charge on any atom is -0.359 e. The van der Waals surface area contributed by atoms with Crippen molar-refractivity contribution in [2.24, 2.45) is 23.7 Å². The van der Waals surface area contributed by atoms with Crippen LogP contribution < -0.4 is 10.6 Å². The zero-order valence-corrected chi connectivity index (χ0v) is 21.3. The van der Waals surface area contributed by atoms with Gasteiger partial charge in [0, 0.05) is 23.3 Å². The second kappa shape index (κ2) is 9.25. The number of nitrogens with one attached hydrogen (secondary N) is 2. The number of carbonyl (C=O) groups excluding carboxylic acids is 3. The van der Waals surface area contributed by atoms with Crippen LogP contribution in [0.4, 0.5) is 5.69 Å². The molecule has 0 radical (unpaired) electrons. The van der Waals surface area contributed by atoms with Crippen molar-refractivity contribution in [3.63, 3.8) is 0 Å². The third kappa shape index (κ3) is 3.97. The van der Waals surface area contributed by atoms with Crippen molar-refractivity contribution >= 4 is 35.0 Å². The van der Waals surface area contributed by atoms with E-state index >= 15 is 0 Å². The average molecular weight is 500 g/mol. The van der Waals surface area contributed by atoms with Crippen LogP contribution in [0.2, 0.25) is 5.02 Å². The molecule has 188 valence electrons. The number of hydrogen-bond acceptors (Lipinski definition) is 4. The zero-order chi connectivity index (χ0) is 24.9. The van der Waals surface area contributed by atoms with Crippen molar-refractivity contribution < 1.29 is 19.1 Å². The molecule has 1 aliphatic carbocycles. The van der Waals surface area contributed by atoms with Crippen LogP contribution in [0.5, 0.6) is 0 Å². The van der Waals surface area contributed by atoms with Crippen molar-refractivity contribution in [3.05, 3.63) is 41.4 Å². The molecule has 2 N–H and O–H groups in total. The number of halogens is 1. The van der Waals surface area contributed by atoms with E-state index in [2.05, 4.69) is 24.5 Å². The predicted molar refractivity (Wildman–Crippen MR) is 134 cm³/mol. The highest BCUT2D eigenvalue weighted by Crippen LogP contribution is 2.55. The highest BCUT2D eigenvalue weighted by Gasteiger charge is 2.72. The Morgan fingerprint density at radius 3 is 2.63 bits per heavy atom. The molecule has 35 heavy (non-hydrogen) atoms. The first-order valence-corrected chi connectivity index (χ1v) is 13.2. The molecule has 5 rings (SSSR count). The molecule has 3 aliphatic heterocycles. The van der Waals surface area contributed by atoms with E-state index in [-0.39, 0.29) is 23.8 Å². The third-order valence-electron chi connectivity index (χ3n) is 8.54. The quantitative estimate of drug-likeness (QED) is 0.583. The van der Waals surface area contributed by atoms with E-state index in [0.29, 0.717) is 35.5 Å². The standard InChI is InChI=1S/C27H34ClN3O4/c1-4-14-31-23(25(33)30-19-7-5-6-15(2)16(19)3)27-13-12-20(35-27)21(22(27)26(31)34)24(32)29-18-10-8-17(28)9-11-18/h8-13,15-16,19-23H,4-7,14H2,1-3H3,(H,29,32)(H,30,33). The first kappa shape index (κ1) is 24.3. The van der Waals surface area contributed by atoms with Gasteiger partial charge >= 0.3 is 0 Å². The Balaban J connectivity index is 1.41. The van der Waals surface area contributed by atoms with Gasteiger partial charge in [0.25, 0.3) is 0 Å². The lowest BCUT2D eigenvalue weighted by Gasteiger charge is -2.38. The monoisotopic (exact) mass is 499 g/mol. The number of anilines is 1. The molecule has 8 atom stereocenters. The maximum absolute atomic E-state index is 13.8. The Morgan fingerprint density at radius 2 is 1.91 bits per heavy atom. The van der Waals surface area contributed by atoms with E-state index in [4.69, 9.17) is 16.3 Å². The van der Waals surface area contributed by atoms with Crippen LogP contribution in [0.25, 0.3) is 0 Å². The van der Waals surface area contributed by atoms with Gasteiger partial charge in [0.2, 0.25) is 17.7 Å². The van der Waals surface area contributed by atoms with Crippen LogP contribution in [0.1, 0.15) is 46.5 Å². The Morgan fingerprint density at radius 1 is 1.17 bits per heavy atom. The lowest BCUT2D eigenvalue weighted by Crippen LogP contribution is -2.57. The molecule has 0 aromatic heterocycles. The van der Waals surface area contributed by atoms with Crippen molar-refractivity contribution in [3.8, 4) is 0 Å². The van der Waals surface area contributed by atoms with Crippen molar-refractivity contribution in [2.75, 3.05) is 11.9 Å². The number of amides is 3. The van der Waals surface area contributed by atoms with Crippen LogP contribution in [-0.2, 0) is 19.1 Å². The Kier molecular flexibility index (Phi) is 6.43. The largest absolute Gasteiger partial charge is 0.359 e. The van der Waals surface area contributed by atoms with E-state index in [0.717, 1.165) is 12.8 Å². The predicted octanol–water partition coefficient (Wildman–Crippen LogP) is 3.78. The summed E-state index contributed by atoms with van der Waals surface area (Å²) >= 11 is 5.97. The number of rotatable bonds is 6. The van der Waals surface area contributed by atoms with Crippen LogP contribution >= 0.6 is 11.6 Å². The molecule has 8 unspecified atom stereocenters. The molecule has 4 aliphatic rings. The maximum atomic E-state index is 13.8. The summed E-state index contributed by atoms with van der Waals surface area (Å²) in [6.07, 6.45) is 7.07. The van der Waals surface area contributed by atoms with Crippen LogP contribution in [0.3, 0.4) is 0 Å². The van der Waals surface area contributed by atoms with Crippen LogP contribution in [0, 0.1) is 23.7 Å². The summed E-state index contributed by atoms with van der Waals surface area (Å²) in [6, 6.07) is 6.15. The van der Waals surface area contributed by atoms with Crippen molar-refractivity contribution in [1.82, 2.24) is 10.2 Å². The first-order chi connectivity index (χ1) is 16.8. The summed E-state index contributed by atoms with van der Waals surface area (Å²) in [4.78, 5) is 42.5. The van der Waals surface area contributed by atoms with E-state index in [9.17, 15) is 14.4 Å². The van der Waals surface area contributed by atoms with E-state index in [1.807, 2.05) is 19.1 Å². The molecule has 1 aromatic carbocycles. The number of nitrogens with zero attached hydrogens (tertiary/aromatic N) is 1. The lowest BCUT2D eigenvalue weighted by atomic mass is 9.73. The van der Waals surface area contributed by atoms with Gasteiger partial charge in [-0.25, -0.2) is 0 Å². The number of ether oxygens (including phenoxy) is 1. The summed E-state index contributed by atoms with van der Waals surface area (Å²) in [5.74, 6) is -1.16. The minimum absolute atomic E-state index is 0.0758. The zero-order valence-electron chi connectivity index (χ0n) is 20.5. The highest BCUT2D eigenvalue weighted by molar-refractivity contribution is 6.30. The normalized spacial score (nSPS) is 37.4. The number of likely N-dealkylation sites (tertiary alicyclic amines) is 1. The van der Waals surface area contributed by atoms with Crippen molar-refractivity contribution in [1.29, 1.82) is 0 Å². The fourth-order valence-electron chi connectivity index (χ4n) is 6.55. The van der Waals surface area contributed by atoms with Gasteiger partial charge in [-0.05, 0) is 48.9 Å². The van der Waals surface area contributed by atoms with Crippen LogP contribution in [0.15, 0.2) is 36.4 Å². The molecule has 1 aromatic rings. The van der Waals surface area contributed by atoms with Gasteiger partial charge in [-0.15, -0.1) is 0 Å².